The average molecular weight is 1020 g/mol. The summed E-state index contributed by atoms with van der Waals surface area (Å²) in [5.41, 5.74) is 15.5. The van der Waals surface area contributed by atoms with Gasteiger partial charge in [0.2, 0.25) is 0 Å². The Labute approximate surface area is 466 Å². The van der Waals surface area contributed by atoms with Gasteiger partial charge in [0.05, 0.1) is 28.4 Å². The minimum atomic E-state index is -2.69. The highest BCUT2D eigenvalue weighted by molar-refractivity contribution is 7.00. The first-order valence-electron chi connectivity index (χ1n) is 31.2. The summed E-state index contributed by atoms with van der Waals surface area (Å²) in [6.45, 7) is 27.0. The molecule has 7 aromatic carbocycles. The molecule has 0 atom stereocenters. The third-order valence-corrected chi connectivity index (χ3v) is 16.7. The maximum atomic E-state index is 11.4. The second-order valence-corrected chi connectivity index (χ2v) is 27.4. The summed E-state index contributed by atoms with van der Waals surface area (Å²) in [5.74, 6) is 0. The number of rotatable bonds is 3. The van der Waals surface area contributed by atoms with Gasteiger partial charge in [-0.25, -0.2) is 0 Å². The zero-order chi connectivity index (χ0) is 61.3. The zero-order valence-corrected chi connectivity index (χ0v) is 47.2. The van der Waals surface area contributed by atoms with E-state index in [2.05, 4.69) is 176 Å². The molecule has 0 fully saturated rings. The van der Waals surface area contributed by atoms with Crippen LogP contribution in [-0.4, -0.2) is 20.8 Å². The van der Waals surface area contributed by atoms with Crippen molar-refractivity contribution in [1.82, 2.24) is 14.1 Å². The van der Waals surface area contributed by atoms with Crippen molar-refractivity contribution in [3.05, 3.63) is 154 Å². The minimum absolute atomic E-state index is 0.0255. The molecule has 77 heavy (non-hydrogen) atoms. The first-order chi connectivity index (χ1) is 39.3. The summed E-state index contributed by atoms with van der Waals surface area (Å²) in [5, 5.41) is 16.8. The Hall–Kier alpha value is -7.36. The van der Waals surface area contributed by atoms with Crippen molar-refractivity contribution < 1.29 is 15.4 Å². The molecule has 0 amide bonds. The highest BCUT2D eigenvalue weighted by atomic mass is 16.3. The Balaban J connectivity index is 1.21. The number of hydrogen-bond donors (Lipinski definition) is 0. The van der Waals surface area contributed by atoms with Crippen LogP contribution >= 0.6 is 0 Å². The molecule has 6 heterocycles. The molecule has 13 rings (SSSR count). The molecular weight excluding hydrogens is 936 g/mol. The number of benzene rings is 7. The fraction of sp³-hybridized carbons (Fsp3) is 0.324. The monoisotopic (exact) mass is 1010 g/mol. The van der Waals surface area contributed by atoms with Gasteiger partial charge in [0.1, 0.15) is 11.2 Å². The van der Waals surface area contributed by atoms with Gasteiger partial charge in [-0.05, 0) is 181 Å². The van der Waals surface area contributed by atoms with Crippen molar-refractivity contribution in [2.45, 2.75) is 146 Å². The third-order valence-electron chi connectivity index (χ3n) is 16.7. The number of pyridine rings is 1. The molecule has 0 aliphatic carbocycles. The van der Waals surface area contributed by atoms with Crippen LogP contribution in [-0.2, 0) is 28.0 Å². The van der Waals surface area contributed by atoms with Gasteiger partial charge >= 0.3 is 0 Å². The van der Waals surface area contributed by atoms with Gasteiger partial charge in [0.25, 0.3) is 6.71 Å². The van der Waals surface area contributed by atoms with E-state index in [9.17, 15) is 8.00 Å². The van der Waals surface area contributed by atoms with E-state index in [-0.39, 0.29) is 56.3 Å². The van der Waals surface area contributed by atoms with Crippen molar-refractivity contribution in [1.29, 1.82) is 5.26 Å². The first kappa shape index (κ1) is 40.8. The lowest BCUT2D eigenvalue weighted by Gasteiger charge is -2.36. The summed E-state index contributed by atoms with van der Waals surface area (Å²) >= 11 is 0. The zero-order valence-electron chi connectivity index (χ0n) is 55.2. The largest absolute Gasteiger partial charge is 0.455 e. The van der Waals surface area contributed by atoms with E-state index in [0.717, 1.165) is 49.7 Å². The van der Waals surface area contributed by atoms with Gasteiger partial charge in [-0.15, -0.1) is 0 Å². The standard InChI is InChI=1S/C71H71BN4O/c1-38-18-22-47(55-26-42(35-67(3,4)5)39(2)37-74-55)65-60(38)48-23-19-40(36-73)61(66(48)77-65)41-27-58-62-59(28-41)76-57-25-21-44(69(9,10)11)30-50(57)52-32-46(71(15,16)17)34-54(64(52)76)72(62)53-33-45(70(12,13)14)31-51-49-29-43(68(6,7)8)20-24-56(49)75(58)63(51)53/h18-34,37H,35H2,1-17H3/i1D3,2D3,35D2. The smallest absolute Gasteiger partial charge is 0.252 e. The van der Waals surface area contributed by atoms with E-state index in [1.807, 2.05) is 0 Å². The summed E-state index contributed by atoms with van der Waals surface area (Å²) in [6, 6.07) is 38.6. The highest BCUT2D eigenvalue weighted by Crippen LogP contribution is 2.48. The van der Waals surface area contributed by atoms with Gasteiger partial charge < -0.3 is 13.6 Å². The van der Waals surface area contributed by atoms with Crippen LogP contribution in [0.3, 0.4) is 0 Å². The first-order valence-corrected chi connectivity index (χ1v) is 27.2. The highest BCUT2D eigenvalue weighted by Gasteiger charge is 2.43. The predicted octanol–water partition coefficient (Wildman–Crippen LogP) is 16.9. The fourth-order valence-corrected chi connectivity index (χ4v) is 12.6. The lowest BCUT2D eigenvalue weighted by Crippen LogP contribution is -2.59. The van der Waals surface area contributed by atoms with E-state index in [0.29, 0.717) is 38.6 Å². The van der Waals surface area contributed by atoms with Crippen LogP contribution in [0.2, 0.25) is 0 Å². The quantitative estimate of drug-likeness (QED) is 0.166. The van der Waals surface area contributed by atoms with E-state index in [1.165, 1.54) is 62.3 Å². The summed E-state index contributed by atoms with van der Waals surface area (Å²) in [4.78, 5) is 4.69. The maximum absolute atomic E-state index is 11.4. The van der Waals surface area contributed by atoms with Gasteiger partial charge in [0, 0.05) is 83.0 Å². The summed E-state index contributed by atoms with van der Waals surface area (Å²) in [7, 11) is 0. The van der Waals surface area contributed by atoms with Gasteiger partial charge in [-0.3, -0.25) is 4.98 Å². The van der Waals surface area contributed by atoms with Crippen LogP contribution in [0.15, 0.2) is 114 Å². The Kier molecular flexibility index (Phi) is 8.42. The molecule has 384 valence electrons. The van der Waals surface area contributed by atoms with Crippen molar-refractivity contribution in [2.75, 3.05) is 0 Å². The second-order valence-electron chi connectivity index (χ2n) is 27.4. The van der Waals surface area contributed by atoms with Crippen molar-refractivity contribution in [3.63, 3.8) is 0 Å². The van der Waals surface area contributed by atoms with Gasteiger partial charge in [-0.2, -0.15) is 5.26 Å². The summed E-state index contributed by atoms with van der Waals surface area (Å²) in [6.07, 6.45) is -0.928. The number of nitrogens with zero attached hydrogens (tertiary/aromatic N) is 4. The van der Waals surface area contributed by atoms with E-state index >= 15 is 0 Å². The molecule has 0 radical (unpaired) electrons. The SMILES string of the molecule is [2H]C([2H])([2H])c1cnc(-c2ccc(C([2H])([2H])[2H])c3c2oc2c(-c4cc5c6c(c4)-n4c7ccc(C(C)(C)C)cc7c7cc(C(C)(C)C)cc(c74)B6c4cc(C(C)(C)C)cc6c7cc(C(C)(C)C)ccc7n-5c46)c(C#N)ccc23)cc1C([2H])([2H])C(C)(C)C. The molecule has 0 saturated heterocycles. The lowest BCUT2D eigenvalue weighted by molar-refractivity contribution is 0.410. The second kappa shape index (κ2) is 15.9. The predicted molar refractivity (Wildman–Crippen MR) is 328 cm³/mol. The Morgan fingerprint density at radius 3 is 1.60 bits per heavy atom. The number of fused-ring (bicyclic) bond motifs is 13. The Morgan fingerprint density at radius 1 is 0.571 bits per heavy atom. The number of hydrogen-bond acceptors (Lipinski definition) is 3. The van der Waals surface area contributed by atoms with Crippen LogP contribution in [0.4, 0.5) is 0 Å². The lowest BCUT2D eigenvalue weighted by atomic mass is 9.33. The molecule has 4 aromatic heterocycles. The minimum Gasteiger partial charge on any atom is -0.455 e. The molecule has 2 aliphatic heterocycles. The molecular formula is C71H71BN4O. The van der Waals surface area contributed by atoms with Crippen LogP contribution in [0.5, 0.6) is 0 Å². The van der Waals surface area contributed by atoms with E-state index in [1.54, 1.807) is 39.0 Å². The maximum Gasteiger partial charge on any atom is 0.252 e. The van der Waals surface area contributed by atoms with Crippen LogP contribution in [0.25, 0.3) is 99.3 Å². The van der Waals surface area contributed by atoms with Gasteiger partial charge in [-0.1, -0.05) is 134 Å². The van der Waals surface area contributed by atoms with Crippen molar-refractivity contribution in [2.24, 2.45) is 5.41 Å². The molecule has 2 aliphatic rings. The topological polar surface area (TPSA) is 59.7 Å². The number of furan rings is 1. The molecule has 0 N–H and O–H groups in total. The molecule has 11 aromatic rings. The number of nitriles is 1. The molecule has 0 saturated carbocycles. The molecule has 5 nitrogen and oxygen atoms in total. The summed E-state index contributed by atoms with van der Waals surface area (Å²) < 4.78 is 83.0. The van der Waals surface area contributed by atoms with E-state index < -0.39 is 25.5 Å². The molecule has 0 unspecified atom stereocenters. The molecule has 6 heteroatoms. The molecule has 0 bridgehead atoms. The van der Waals surface area contributed by atoms with Crippen molar-refractivity contribution >= 4 is 88.7 Å². The van der Waals surface area contributed by atoms with Crippen molar-refractivity contribution in [3.8, 4) is 39.8 Å². The fourth-order valence-electron chi connectivity index (χ4n) is 12.6. The third kappa shape index (κ3) is 7.28. The molecule has 0 spiro atoms. The van der Waals surface area contributed by atoms with Crippen LogP contribution in [0.1, 0.15) is 159 Å². The van der Waals surface area contributed by atoms with Crippen LogP contribution in [0, 0.1) is 30.4 Å². The van der Waals surface area contributed by atoms with Crippen LogP contribution < -0.4 is 16.4 Å². The normalized spacial score (nSPS) is 15.8. The average Bonchev–Trinajstić information content (AvgIpc) is 1.60. The van der Waals surface area contributed by atoms with E-state index in [4.69, 9.17) is 12.6 Å². The Morgan fingerprint density at radius 2 is 1.10 bits per heavy atom. The number of aryl methyl sites for hydroxylation is 2. The Bertz CT molecular complexity index is 4630. The van der Waals surface area contributed by atoms with Gasteiger partial charge in [0.15, 0.2) is 0 Å². The number of aromatic nitrogens is 3.